The van der Waals surface area contributed by atoms with Crippen LogP contribution in [0.4, 0.5) is 0 Å². The van der Waals surface area contributed by atoms with Gasteiger partial charge in [-0.2, -0.15) is 10.4 Å². The molecule has 0 aliphatic rings. The maximum Gasteiger partial charge on any atom is 0.128 e. The first-order valence-corrected chi connectivity index (χ1v) is 9.09. The van der Waals surface area contributed by atoms with Crippen molar-refractivity contribution < 1.29 is 4.74 Å². The Morgan fingerprint density at radius 2 is 1.96 bits per heavy atom. The lowest BCUT2D eigenvalue weighted by Gasteiger charge is -2.09. The average molecular weight is 368 g/mol. The molecule has 0 amide bonds. The molecule has 0 saturated carbocycles. The normalized spacial score (nSPS) is 11.1. The molecule has 0 atom stereocenters. The number of benzene rings is 2. The monoisotopic (exact) mass is 368 g/mol. The molecule has 0 N–H and O–H groups in total. The molecule has 5 nitrogen and oxygen atoms in total. The third kappa shape index (κ3) is 2.71. The summed E-state index contributed by atoms with van der Waals surface area (Å²) in [5.74, 6) is 0.741. The van der Waals surface area contributed by atoms with Crippen molar-refractivity contribution in [3.8, 4) is 23.1 Å². The predicted octanol–water partition coefficient (Wildman–Crippen LogP) is 5.36. The molecule has 0 saturated heterocycles. The van der Waals surface area contributed by atoms with Crippen molar-refractivity contribution in [2.45, 2.75) is 19.9 Å². The van der Waals surface area contributed by atoms with Crippen LogP contribution in [-0.2, 0) is 0 Å². The van der Waals surface area contributed by atoms with Gasteiger partial charge >= 0.3 is 0 Å². The molecule has 0 fully saturated rings. The second-order valence-corrected chi connectivity index (χ2v) is 6.91. The third-order valence-corrected chi connectivity index (χ3v) is 4.89. The van der Waals surface area contributed by atoms with Crippen LogP contribution >= 0.6 is 0 Å². The Kier molecular flexibility index (Phi) is 4.32. The second kappa shape index (κ2) is 6.82. The molecule has 5 heteroatoms. The van der Waals surface area contributed by atoms with Crippen molar-refractivity contribution in [3.05, 3.63) is 60.3 Å². The van der Waals surface area contributed by atoms with E-state index in [1.54, 1.807) is 13.2 Å². The fourth-order valence-corrected chi connectivity index (χ4v) is 3.49. The first kappa shape index (κ1) is 17.7. The van der Waals surface area contributed by atoms with E-state index in [1.807, 2.05) is 41.2 Å². The van der Waals surface area contributed by atoms with E-state index >= 15 is 0 Å². The van der Waals surface area contributed by atoms with E-state index in [2.05, 4.69) is 37.5 Å². The molecule has 2 aromatic carbocycles. The van der Waals surface area contributed by atoms with Crippen LogP contribution in [0.15, 0.2) is 49.2 Å². The second-order valence-electron chi connectivity index (χ2n) is 6.91. The van der Waals surface area contributed by atoms with Crippen molar-refractivity contribution >= 4 is 27.9 Å². The zero-order valence-electron chi connectivity index (χ0n) is 16.1. The van der Waals surface area contributed by atoms with Crippen LogP contribution in [0.3, 0.4) is 0 Å². The van der Waals surface area contributed by atoms with Crippen molar-refractivity contribution in [1.29, 1.82) is 5.26 Å². The fraction of sp³-hybridized carbons (Fsp3) is 0.174. The molecule has 0 aliphatic heterocycles. The van der Waals surface area contributed by atoms with E-state index in [1.165, 1.54) is 0 Å². The molecule has 2 aromatic heterocycles. The molecule has 0 unspecified atom stereocenters. The highest BCUT2D eigenvalue weighted by Gasteiger charge is 2.18. The summed E-state index contributed by atoms with van der Waals surface area (Å²) in [5, 5.41) is 16.0. The summed E-state index contributed by atoms with van der Waals surface area (Å²) in [4.78, 5) is 4.65. The fourth-order valence-electron chi connectivity index (χ4n) is 3.49. The van der Waals surface area contributed by atoms with Gasteiger partial charge in [0, 0.05) is 34.0 Å². The van der Waals surface area contributed by atoms with E-state index < -0.39 is 0 Å². The van der Waals surface area contributed by atoms with E-state index in [9.17, 15) is 0 Å². The maximum absolute atomic E-state index is 9.10. The van der Waals surface area contributed by atoms with Crippen LogP contribution in [0.1, 0.15) is 31.0 Å². The summed E-state index contributed by atoms with van der Waals surface area (Å²) in [6, 6.07) is 13.8. The SMILES string of the molecule is C=Cc1cc2c(cc1OC)ncc1c2c(-c2ccc(C#N)cc2)nn1C(C)C. The Balaban J connectivity index is 2.11. The van der Waals surface area contributed by atoms with Crippen LogP contribution in [0.5, 0.6) is 5.75 Å². The number of hydrogen-bond acceptors (Lipinski definition) is 4. The van der Waals surface area contributed by atoms with Gasteiger partial charge in [0.1, 0.15) is 11.4 Å². The standard InChI is InChI=1S/C23H20N4O/c1-5-16-10-18-19(11-21(16)28-4)25-13-20-22(18)23(26-27(20)14(2)3)17-8-6-15(12-24)7-9-17/h5-11,13-14H,1H2,2-4H3. The molecular formula is C23H20N4O. The lowest BCUT2D eigenvalue weighted by molar-refractivity contribution is 0.414. The minimum atomic E-state index is 0.186. The Labute approximate surface area is 163 Å². The van der Waals surface area contributed by atoms with Crippen LogP contribution < -0.4 is 4.74 Å². The van der Waals surface area contributed by atoms with Crippen LogP contribution in [0.25, 0.3) is 39.1 Å². The summed E-state index contributed by atoms with van der Waals surface area (Å²) in [6.07, 6.45) is 3.65. The lowest BCUT2D eigenvalue weighted by Crippen LogP contribution is -2.02. The maximum atomic E-state index is 9.10. The van der Waals surface area contributed by atoms with E-state index in [4.69, 9.17) is 15.1 Å². The predicted molar refractivity (Wildman–Crippen MR) is 112 cm³/mol. The lowest BCUT2D eigenvalue weighted by atomic mass is 10.0. The van der Waals surface area contributed by atoms with Gasteiger partial charge in [-0.1, -0.05) is 24.8 Å². The highest BCUT2D eigenvalue weighted by Crippen LogP contribution is 2.37. The molecule has 0 spiro atoms. The first-order chi connectivity index (χ1) is 13.6. The summed E-state index contributed by atoms with van der Waals surface area (Å²) in [7, 11) is 1.64. The Bertz CT molecular complexity index is 1240. The molecule has 0 bridgehead atoms. The molecule has 28 heavy (non-hydrogen) atoms. The highest BCUT2D eigenvalue weighted by atomic mass is 16.5. The number of pyridine rings is 1. The average Bonchev–Trinajstić information content (AvgIpc) is 3.13. The van der Waals surface area contributed by atoms with Crippen molar-refractivity contribution in [3.63, 3.8) is 0 Å². The molecule has 2 heterocycles. The van der Waals surface area contributed by atoms with Gasteiger partial charge in [0.25, 0.3) is 0 Å². The van der Waals surface area contributed by atoms with Crippen molar-refractivity contribution in [2.24, 2.45) is 0 Å². The van der Waals surface area contributed by atoms with Gasteiger partial charge in [-0.25, -0.2) is 0 Å². The Morgan fingerprint density at radius 1 is 1.21 bits per heavy atom. The number of nitriles is 1. The van der Waals surface area contributed by atoms with E-state index in [0.717, 1.165) is 44.4 Å². The van der Waals surface area contributed by atoms with Crippen molar-refractivity contribution in [1.82, 2.24) is 14.8 Å². The molecule has 4 rings (SSSR count). The highest BCUT2D eigenvalue weighted by molar-refractivity contribution is 6.12. The number of ether oxygens (including phenoxy) is 1. The Hall–Kier alpha value is -3.65. The zero-order valence-corrected chi connectivity index (χ0v) is 16.1. The first-order valence-electron chi connectivity index (χ1n) is 9.09. The summed E-state index contributed by atoms with van der Waals surface area (Å²) >= 11 is 0. The van der Waals surface area contributed by atoms with Gasteiger partial charge in [-0.15, -0.1) is 0 Å². The van der Waals surface area contributed by atoms with Crippen LogP contribution in [-0.4, -0.2) is 21.9 Å². The minimum Gasteiger partial charge on any atom is -0.496 e. The van der Waals surface area contributed by atoms with Crippen LogP contribution in [0.2, 0.25) is 0 Å². The number of fused-ring (bicyclic) bond motifs is 3. The van der Waals surface area contributed by atoms with Gasteiger partial charge < -0.3 is 4.74 Å². The number of nitrogens with zero attached hydrogens (tertiary/aromatic N) is 4. The zero-order chi connectivity index (χ0) is 19.8. The van der Waals surface area contributed by atoms with E-state index in [0.29, 0.717) is 5.56 Å². The van der Waals surface area contributed by atoms with Gasteiger partial charge in [-0.05, 0) is 32.0 Å². The van der Waals surface area contributed by atoms with Gasteiger partial charge in [0.2, 0.25) is 0 Å². The number of rotatable bonds is 4. The molecule has 4 aromatic rings. The number of hydrogen-bond donors (Lipinski definition) is 0. The minimum absolute atomic E-state index is 0.186. The topological polar surface area (TPSA) is 63.7 Å². The number of aromatic nitrogens is 3. The quantitative estimate of drug-likeness (QED) is 0.487. The van der Waals surface area contributed by atoms with Gasteiger partial charge in [0.15, 0.2) is 0 Å². The molecule has 0 aliphatic carbocycles. The smallest absolute Gasteiger partial charge is 0.128 e. The molecule has 138 valence electrons. The van der Waals surface area contributed by atoms with Crippen LogP contribution in [0, 0.1) is 11.3 Å². The van der Waals surface area contributed by atoms with Gasteiger partial charge in [-0.3, -0.25) is 9.67 Å². The summed E-state index contributed by atoms with van der Waals surface area (Å²) in [5.41, 5.74) is 5.19. The van der Waals surface area contributed by atoms with Crippen molar-refractivity contribution in [2.75, 3.05) is 7.11 Å². The molecular weight excluding hydrogens is 348 g/mol. The number of methoxy groups -OCH3 is 1. The largest absolute Gasteiger partial charge is 0.496 e. The summed E-state index contributed by atoms with van der Waals surface area (Å²) in [6.45, 7) is 8.11. The van der Waals surface area contributed by atoms with Gasteiger partial charge in [0.05, 0.1) is 36.0 Å². The van der Waals surface area contributed by atoms with E-state index in [-0.39, 0.29) is 6.04 Å². The summed E-state index contributed by atoms with van der Waals surface area (Å²) < 4.78 is 7.47. The Morgan fingerprint density at radius 3 is 2.57 bits per heavy atom. The third-order valence-electron chi connectivity index (χ3n) is 4.89. The molecule has 0 radical (unpaired) electrons.